The summed E-state index contributed by atoms with van der Waals surface area (Å²) in [6.07, 6.45) is 5.03. The Morgan fingerprint density at radius 1 is 1.15 bits per heavy atom. The molecular weight excluding hydrogens is 248 g/mol. The van der Waals surface area contributed by atoms with Crippen LogP contribution in [0.25, 0.3) is 5.69 Å². The summed E-state index contributed by atoms with van der Waals surface area (Å²) >= 11 is 0. The van der Waals surface area contributed by atoms with Crippen LogP contribution in [0.4, 0.5) is 0 Å². The fourth-order valence-corrected chi connectivity index (χ4v) is 2.60. The number of benzene rings is 1. The second kappa shape index (κ2) is 6.60. The van der Waals surface area contributed by atoms with Gasteiger partial charge in [0, 0.05) is 11.3 Å². The van der Waals surface area contributed by atoms with Gasteiger partial charge in [0.25, 0.3) is 5.56 Å². The molecule has 0 unspecified atom stereocenters. The molecule has 1 N–H and O–H groups in total. The van der Waals surface area contributed by atoms with Crippen molar-refractivity contribution in [1.82, 2.24) is 9.78 Å². The van der Waals surface area contributed by atoms with Crippen LogP contribution in [-0.2, 0) is 12.8 Å². The first-order valence-corrected chi connectivity index (χ1v) is 7.57. The van der Waals surface area contributed by atoms with Crippen LogP contribution in [0.5, 0.6) is 0 Å². The number of H-pyrrole nitrogens is 1. The van der Waals surface area contributed by atoms with Crippen LogP contribution >= 0.6 is 0 Å². The van der Waals surface area contributed by atoms with E-state index in [1.54, 1.807) is 0 Å². The Morgan fingerprint density at radius 3 is 2.60 bits per heavy atom. The third kappa shape index (κ3) is 3.03. The lowest BCUT2D eigenvalue weighted by Gasteiger charge is -2.10. The molecule has 108 valence electrons. The van der Waals surface area contributed by atoms with Crippen LogP contribution in [0.1, 0.15) is 49.9 Å². The van der Waals surface area contributed by atoms with Gasteiger partial charge in [-0.25, -0.2) is 0 Å². The van der Waals surface area contributed by atoms with E-state index < -0.39 is 0 Å². The first kappa shape index (κ1) is 14.6. The van der Waals surface area contributed by atoms with E-state index in [1.165, 1.54) is 5.56 Å². The highest BCUT2D eigenvalue weighted by atomic mass is 16.1. The van der Waals surface area contributed by atoms with Crippen molar-refractivity contribution in [2.45, 2.75) is 52.9 Å². The van der Waals surface area contributed by atoms with E-state index in [9.17, 15) is 4.79 Å². The van der Waals surface area contributed by atoms with Gasteiger partial charge in [-0.1, -0.05) is 38.8 Å². The minimum absolute atomic E-state index is 0.0726. The van der Waals surface area contributed by atoms with Crippen LogP contribution in [0, 0.1) is 6.92 Å². The minimum Gasteiger partial charge on any atom is -0.268 e. The molecule has 0 atom stereocenters. The summed E-state index contributed by atoms with van der Waals surface area (Å²) in [4.78, 5) is 12.2. The lowest BCUT2D eigenvalue weighted by atomic mass is 10.1. The van der Waals surface area contributed by atoms with E-state index in [-0.39, 0.29) is 5.56 Å². The molecule has 0 radical (unpaired) electrons. The van der Waals surface area contributed by atoms with Crippen LogP contribution in [0.3, 0.4) is 0 Å². The number of hydrogen-bond donors (Lipinski definition) is 1. The maximum absolute atomic E-state index is 12.2. The Balaban J connectivity index is 2.49. The third-order valence-corrected chi connectivity index (χ3v) is 3.63. The molecule has 2 aromatic rings. The minimum atomic E-state index is 0.0726. The van der Waals surface area contributed by atoms with Crippen molar-refractivity contribution in [1.29, 1.82) is 0 Å². The number of hydrogen-bond acceptors (Lipinski definition) is 1. The molecule has 0 saturated heterocycles. The van der Waals surface area contributed by atoms with Gasteiger partial charge in [0.15, 0.2) is 0 Å². The van der Waals surface area contributed by atoms with Crippen molar-refractivity contribution in [3.63, 3.8) is 0 Å². The zero-order chi connectivity index (χ0) is 14.5. The molecule has 3 nitrogen and oxygen atoms in total. The molecule has 0 aliphatic rings. The van der Waals surface area contributed by atoms with Gasteiger partial charge >= 0.3 is 0 Å². The van der Waals surface area contributed by atoms with Gasteiger partial charge in [-0.3, -0.25) is 14.6 Å². The van der Waals surface area contributed by atoms with Gasteiger partial charge in [-0.15, -0.1) is 0 Å². The number of aromatic amines is 1. The molecule has 0 amide bonds. The Labute approximate surface area is 120 Å². The van der Waals surface area contributed by atoms with Crippen molar-refractivity contribution in [3.8, 4) is 5.69 Å². The topological polar surface area (TPSA) is 37.8 Å². The molecule has 0 saturated carbocycles. The Morgan fingerprint density at radius 2 is 1.95 bits per heavy atom. The molecule has 20 heavy (non-hydrogen) atoms. The van der Waals surface area contributed by atoms with E-state index in [1.807, 2.05) is 16.8 Å². The molecular formula is C17H24N2O. The molecule has 1 aromatic heterocycles. The van der Waals surface area contributed by atoms with Gasteiger partial charge in [-0.05, 0) is 43.9 Å². The first-order chi connectivity index (χ1) is 9.67. The monoisotopic (exact) mass is 272 g/mol. The van der Waals surface area contributed by atoms with E-state index in [4.69, 9.17) is 0 Å². The highest BCUT2D eigenvalue weighted by Crippen LogP contribution is 2.16. The average Bonchev–Trinajstić information content (AvgIpc) is 2.74. The van der Waals surface area contributed by atoms with Crippen molar-refractivity contribution < 1.29 is 0 Å². The van der Waals surface area contributed by atoms with Gasteiger partial charge in [0.1, 0.15) is 0 Å². The zero-order valence-corrected chi connectivity index (χ0v) is 12.7. The highest BCUT2D eigenvalue weighted by Gasteiger charge is 2.14. The fraction of sp³-hybridized carbons (Fsp3) is 0.471. The number of aromatic nitrogens is 2. The number of unbranched alkanes of at least 4 members (excludes halogenated alkanes) is 1. The van der Waals surface area contributed by atoms with Crippen LogP contribution in [0.2, 0.25) is 0 Å². The fourth-order valence-electron chi connectivity index (χ4n) is 2.60. The summed E-state index contributed by atoms with van der Waals surface area (Å²) < 4.78 is 1.98. The lowest BCUT2D eigenvalue weighted by molar-refractivity contribution is 0.748. The summed E-state index contributed by atoms with van der Waals surface area (Å²) in [5.41, 5.74) is 4.44. The molecule has 0 spiro atoms. The molecule has 0 fully saturated rings. The van der Waals surface area contributed by atoms with E-state index in [2.05, 4.69) is 38.0 Å². The predicted molar refractivity (Wildman–Crippen MR) is 83.7 cm³/mol. The number of aryl methyl sites for hydroxylation is 1. The lowest BCUT2D eigenvalue weighted by Crippen LogP contribution is -2.07. The van der Waals surface area contributed by atoms with E-state index in [0.717, 1.165) is 49.0 Å². The maximum Gasteiger partial charge on any atom is 0.267 e. The molecule has 0 bridgehead atoms. The number of nitrogens with one attached hydrogen (secondary N) is 1. The maximum atomic E-state index is 12.2. The predicted octanol–water partition coefficient (Wildman–Crippen LogP) is 3.77. The van der Waals surface area contributed by atoms with Gasteiger partial charge in [0.05, 0.1) is 5.69 Å². The molecule has 1 heterocycles. The summed E-state index contributed by atoms with van der Waals surface area (Å²) in [6, 6.07) is 8.26. The SMILES string of the molecule is CCCCc1c(CCC)n(-c2cccc(C)c2)[nH]c1=O. The first-order valence-electron chi connectivity index (χ1n) is 7.57. The zero-order valence-electron chi connectivity index (χ0n) is 12.7. The Kier molecular flexibility index (Phi) is 4.83. The van der Waals surface area contributed by atoms with Crippen molar-refractivity contribution in [3.05, 3.63) is 51.4 Å². The molecule has 1 aromatic carbocycles. The Hall–Kier alpha value is -1.77. The number of rotatable bonds is 6. The van der Waals surface area contributed by atoms with Crippen LogP contribution < -0.4 is 5.56 Å². The summed E-state index contributed by atoms with van der Waals surface area (Å²) in [6.45, 7) is 6.38. The molecule has 3 heteroatoms. The van der Waals surface area contributed by atoms with Crippen LogP contribution in [0.15, 0.2) is 29.1 Å². The van der Waals surface area contributed by atoms with Gasteiger partial charge < -0.3 is 0 Å². The second-order valence-corrected chi connectivity index (χ2v) is 5.39. The van der Waals surface area contributed by atoms with Crippen molar-refractivity contribution >= 4 is 0 Å². The third-order valence-electron chi connectivity index (χ3n) is 3.63. The molecule has 2 rings (SSSR count). The Bertz CT molecular complexity index is 622. The highest BCUT2D eigenvalue weighted by molar-refractivity contribution is 5.38. The van der Waals surface area contributed by atoms with Gasteiger partial charge in [-0.2, -0.15) is 0 Å². The smallest absolute Gasteiger partial charge is 0.267 e. The quantitative estimate of drug-likeness (QED) is 0.854. The standard InChI is InChI=1S/C17H24N2O/c1-4-6-11-15-16(8-5-2)19(18-17(15)20)14-10-7-9-13(3)12-14/h7,9-10,12H,4-6,8,11H2,1-3H3,(H,18,20). The van der Waals surface area contributed by atoms with Crippen molar-refractivity contribution in [2.24, 2.45) is 0 Å². The molecule has 0 aliphatic heterocycles. The summed E-state index contributed by atoms with van der Waals surface area (Å²) in [5.74, 6) is 0. The largest absolute Gasteiger partial charge is 0.268 e. The second-order valence-electron chi connectivity index (χ2n) is 5.39. The van der Waals surface area contributed by atoms with Gasteiger partial charge in [0.2, 0.25) is 0 Å². The molecule has 0 aliphatic carbocycles. The van der Waals surface area contributed by atoms with Crippen molar-refractivity contribution in [2.75, 3.05) is 0 Å². The average molecular weight is 272 g/mol. The number of nitrogens with zero attached hydrogens (tertiary/aromatic N) is 1. The van der Waals surface area contributed by atoms with E-state index >= 15 is 0 Å². The van der Waals surface area contributed by atoms with E-state index in [0.29, 0.717) is 0 Å². The van der Waals surface area contributed by atoms with Crippen LogP contribution in [-0.4, -0.2) is 9.78 Å². The summed E-state index contributed by atoms with van der Waals surface area (Å²) in [5, 5.41) is 3.01. The normalized spacial score (nSPS) is 10.9. The summed E-state index contributed by atoms with van der Waals surface area (Å²) in [7, 11) is 0.